The van der Waals surface area contributed by atoms with Crippen molar-refractivity contribution < 1.29 is 4.79 Å². The van der Waals surface area contributed by atoms with E-state index in [0.717, 1.165) is 19.5 Å². The van der Waals surface area contributed by atoms with Crippen LogP contribution in [0.2, 0.25) is 0 Å². The second-order valence-corrected chi connectivity index (χ2v) is 5.94. The average Bonchev–Trinajstić information content (AvgIpc) is 2.60. The third-order valence-corrected chi connectivity index (χ3v) is 3.90. The van der Waals surface area contributed by atoms with Gasteiger partial charge in [0, 0.05) is 25.0 Å². The Hall–Kier alpha value is -0.570. The number of hydrogen-bond donors (Lipinski definition) is 1. The second kappa shape index (κ2) is 4.74. The van der Waals surface area contributed by atoms with Gasteiger partial charge in [-0.05, 0) is 38.5 Å². The van der Waals surface area contributed by atoms with Gasteiger partial charge in [-0.3, -0.25) is 4.79 Å². The Kier molecular flexibility index (Phi) is 4.00. The molecule has 16 heavy (non-hydrogen) atoms. The van der Waals surface area contributed by atoms with Crippen molar-refractivity contribution in [2.75, 3.05) is 13.1 Å². The molecule has 0 aromatic heterocycles. The van der Waals surface area contributed by atoms with Crippen molar-refractivity contribution in [1.29, 1.82) is 0 Å². The fourth-order valence-corrected chi connectivity index (χ4v) is 2.48. The SMILES string of the molecule is CCC1(CC)CCN(C(=O)CC(C)(C)N)C1. The van der Waals surface area contributed by atoms with Crippen molar-refractivity contribution in [2.45, 2.75) is 58.9 Å². The predicted molar refractivity (Wildman–Crippen MR) is 67.1 cm³/mol. The van der Waals surface area contributed by atoms with Gasteiger partial charge in [-0.2, -0.15) is 0 Å². The molecule has 0 unspecified atom stereocenters. The first-order chi connectivity index (χ1) is 7.32. The summed E-state index contributed by atoms with van der Waals surface area (Å²) < 4.78 is 0. The zero-order valence-corrected chi connectivity index (χ0v) is 11.2. The standard InChI is InChI=1S/C13H26N2O/c1-5-13(6-2)7-8-15(10-13)11(16)9-12(3,4)14/h5-10,14H2,1-4H3. The van der Waals surface area contributed by atoms with Crippen LogP contribution in [0.3, 0.4) is 0 Å². The van der Waals surface area contributed by atoms with Gasteiger partial charge < -0.3 is 10.6 Å². The quantitative estimate of drug-likeness (QED) is 0.798. The van der Waals surface area contributed by atoms with Crippen LogP contribution in [0.25, 0.3) is 0 Å². The van der Waals surface area contributed by atoms with Gasteiger partial charge in [0.25, 0.3) is 0 Å². The van der Waals surface area contributed by atoms with Gasteiger partial charge in [0.15, 0.2) is 0 Å². The van der Waals surface area contributed by atoms with Crippen LogP contribution in [0.15, 0.2) is 0 Å². The smallest absolute Gasteiger partial charge is 0.224 e. The van der Waals surface area contributed by atoms with Crippen molar-refractivity contribution in [3.8, 4) is 0 Å². The first kappa shape index (κ1) is 13.5. The average molecular weight is 226 g/mol. The molecule has 3 nitrogen and oxygen atoms in total. The lowest BCUT2D eigenvalue weighted by molar-refractivity contribution is -0.131. The maximum atomic E-state index is 12.0. The van der Waals surface area contributed by atoms with Crippen molar-refractivity contribution in [2.24, 2.45) is 11.1 Å². The van der Waals surface area contributed by atoms with Gasteiger partial charge in [0.1, 0.15) is 0 Å². The summed E-state index contributed by atoms with van der Waals surface area (Å²) in [6.45, 7) is 10.1. The van der Waals surface area contributed by atoms with Crippen LogP contribution >= 0.6 is 0 Å². The number of carbonyl (C=O) groups excluding carboxylic acids is 1. The third-order valence-electron chi connectivity index (χ3n) is 3.90. The lowest BCUT2D eigenvalue weighted by Gasteiger charge is -2.27. The van der Waals surface area contributed by atoms with E-state index in [9.17, 15) is 4.79 Å². The molecule has 0 bridgehead atoms. The molecular weight excluding hydrogens is 200 g/mol. The molecule has 2 N–H and O–H groups in total. The van der Waals surface area contributed by atoms with Gasteiger partial charge in [-0.25, -0.2) is 0 Å². The fraction of sp³-hybridized carbons (Fsp3) is 0.923. The van der Waals surface area contributed by atoms with Gasteiger partial charge in [0.2, 0.25) is 5.91 Å². The zero-order chi connectivity index (χ0) is 12.4. The van der Waals surface area contributed by atoms with E-state index in [4.69, 9.17) is 5.73 Å². The minimum absolute atomic E-state index is 0.219. The van der Waals surface area contributed by atoms with Crippen LogP contribution in [0.5, 0.6) is 0 Å². The maximum absolute atomic E-state index is 12.0. The Morgan fingerprint density at radius 1 is 1.38 bits per heavy atom. The van der Waals surface area contributed by atoms with E-state index in [0.29, 0.717) is 11.8 Å². The van der Waals surface area contributed by atoms with E-state index >= 15 is 0 Å². The molecule has 0 aliphatic carbocycles. The third kappa shape index (κ3) is 3.21. The summed E-state index contributed by atoms with van der Waals surface area (Å²) >= 11 is 0. The first-order valence-electron chi connectivity index (χ1n) is 6.38. The van der Waals surface area contributed by atoms with Gasteiger partial charge in [0.05, 0.1) is 0 Å². The molecule has 1 saturated heterocycles. The highest BCUT2D eigenvalue weighted by atomic mass is 16.2. The number of rotatable bonds is 4. The van der Waals surface area contributed by atoms with Crippen LogP contribution < -0.4 is 5.73 Å². The molecule has 3 heteroatoms. The summed E-state index contributed by atoms with van der Waals surface area (Å²) in [5, 5.41) is 0. The summed E-state index contributed by atoms with van der Waals surface area (Å²) in [7, 11) is 0. The zero-order valence-electron chi connectivity index (χ0n) is 11.2. The van der Waals surface area contributed by atoms with Crippen molar-refractivity contribution in [3.63, 3.8) is 0 Å². The molecular formula is C13H26N2O. The van der Waals surface area contributed by atoms with E-state index in [1.165, 1.54) is 12.8 Å². The molecule has 1 aliphatic rings. The largest absolute Gasteiger partial charge is 0.342 e. The number of amides is 1. The van der Waals surface area contributed by atoms with Crippen LogP contribution in [0, 0.1) is 5.41 Å². The molecule has 1 rings (SSSR count). The number of nitrogens with zero attached hydrogens (tertiary/aromatic N) is 1. The molecule has 1 heterocycles. The van der Waals surface area contributed by atoms with Crippen LogP contribution in [-0.2, 0) is 4.79 Å². The minimum atomic E-state index is -0.388. The minimum Gasteiger partial charge on any atom is -0.342 e. The molecule has 1 aliphatic heterocycles. The molecule has 0 saturated carbocycles. The molecule has 0 spiro atoms. The Labute approximate surface area is 99.4 Å². The Morgan fingerprint density at radius 2 is 1.94 bits per heavy atom. The molecule has 0 atom stereocenters. The van der Waals surface area contributed by atoms with Crippen molar-refractivity contribution >= 4 is 5.91 Å². The second-order valence-electron chi connectivity index (χ2n) is 5.94. The van der Waals surface area contributed by atoms with E-state index in [1.807, 2.05) is 18.7 Å². The highest BCUT2D eigenvalue weighted by Crippen LogP contribution is 2.37. The Balaban J connectivity index is 2.56. The van der Waals surface area contributed by atoms with Gasteiger partial charge in [-0.1, -0.05) is 13.8 Å². The van der Waals surface area contributed by atoms with E-state index in [1.54, 1.807) is 0 Å². The van der Waals surface area contributed by atoms with Crippen LogP contribution in [-0.4, -0.2) is 29.4 Å². The number of carbonyl (C=O) groups is 1. The number of hydrogen-bond acceptors (Lipinski definition) is 2. The summed E-state index contributed by atoms with van der Waals surface area (Å²) in [6.07, 6.45) is 3.94. The molecule has 1 amide bonds. The molecule has 0 radical (unpaired) electrons. The summed E-state index contributed by atoms with van der Waals surface area (Å²) in [5.74, 6) is 0.219. The van der Waals surface area contributed by atoms with E-state index in [-0.39, 0.29) is 11.4 Å². The normalized spacial score (nSPS) is 20.2. The summed E-state index contributed by atoms with van der Waals surface area (Å²) in [4.78, 5) is 14.0. The van der Waals surface area contributed by atoms with Crippen LogP contribution in [0.4, 0.5) is 0 Å². The topological polar surface area (TPSA) is 46.3 Å². The summed E-state index contributed by atoms with van der Waals surface area (Å²) in [5.41, 5.74) is 5.87. The monoisotopic (exact) mass is 226 g/mol. The molecule has 0 aromatic carbocycles. The lowest BCUT2D eigenvalue weighted by atomic mass is 9.82. The summed E-state index contributed by atoms with van der Waals surface area (Å²) in [6, 6.07) is 0. The predicted octanol–water partition coefficient (Wildman–Crippen LogP) is 2.15. The maximum Gasteiger partial charge on any atom is 0.224 e. The highest BCUT2D eigenvalue weighted by molar-refractivity contribution is 5.77. The molecule has 94 valence electrons. The van der Waals surface area contributed by atoms with Gasteiger partial charge >= 0.3 is 0 Å². The number of nitrogens with two attached hydrogens (primary N) is 1. The van der Waals surface area contributed by atoms with Crippen LogP contribution in [0.1, 0.15) is 53.4 Å². The van der Waals surface area contributed by atoms with Crippen molar-refractivity contribution in [3.05, 3.63) is 0 Å². The van der Waals surface area contributed by atoms with Gasteiger partial charge in [-0.15, -0.1) is 0 Å². The number of likely N-dealkylation sites (tertiary alicyclic amines) is 1. The first-order valence-corrected chi connectivity index (χ1v) is 6.38. The fourth-order valence-electron chi connectivity index (χ4n) is 2.48. The van der Waals surface area contributed by atoms with E-state index < -0.39 is 0 Å². The van der Waals surface area contributed by atoms with Crippen molar-refractivity contribution in [1.82, 2.24) is 4.90 Å². The molecule has 0 aromatic rings. The lowest BCUT2D eigenvalue weighted by Crippen LogP contribution is -2.41. The highest BCUT2D eigenvalue weighted by Gasteiger charge is 2.37. The Bertz CT molecular complexity index is 251. The molecule has 1 fully saturated rings. The Morgan fingerprint density at radius 3 is 2.31 bits per heavy atom. The van der Waals surface area contributed by atoms with E-state index in [2.05, 4.69) is 13.8 Å².